The molecule has 4 rings (SSSR count). The quantitative estimate of drug-likeness (QED) is 0.574. The fourth-order valence-electron chi connectivity index (χ4n) is 3.53. The predicted molar refractivity (Wildman–Crippen MR) is 126 cm³/mol. The van der Waals surface area contributed by atoms with Crippen molar-refractivity contribution >= 4 is 28.9 Å². The van der Waals surface area contributed by atoms with Crippen molar-refractivity contribution < 1.29 is 27.4 Å². The van der Waals surface area contributed by atoms with E-state index < -0.39 is 11.7 Å². The maximum Gasteiger partial charge on any atom is 0.416 e. The van der Waals surface area contributed by atoms with E-state index in [4.69, 9.17) is 9.47 Å². The Morgan fingerprint density at radius 3 is 2.41 bits per heavy atom. The molecule has 180 valence electrons. The van der Waals surface area contributed by atoms with E-state index in [1.807, 2.05) is 0 Å². The fraction of sp³-hybridized carbons (Fsp3) is 0.333. The Labute approximate surface area is 200 Å². The topological polar surface area (TPSA) is 54.4 Å². The lowest BCUT2D eigenvalue weighted by atomic mass is 10.1. The summed E-state index contributed by atoms with van der Waals surface area (Å²) in [6.07, 6.45) is -2.61. The molecule has 0 spiro atoms. The van der Waals surface area contributed by atoms with Crippen molar-refractivity contribution in [3.8, 4) is 11.5 Å². The Morgan fingerprint density at radius 2 is 1.76 bits per heavy atom. The number of likely N-dealkylation sites (N-methyl/N-ethyl adjacent to an activating group) is 1. The molecule has 2 aliphatic rings. The highest BCUT2D eigenvalue weighted by atomic mass is 32.2. The number of aliphatic imine (C=N–C) groups is 1. The normalized spacial score (nSPS) is 18.4. The van der Waals surface area contributed by atoms with E-state index in [0.717, 1.165) is 49.0 Å². The number of halogens is 3. The first kappa shape index (κ1) is 24.2. The van der Waals surface area contributed by atoms with Gasteiger partial charge in [-0.2, -0.15) is 18.2 Å². The van der Waals surface area contributed by atoms with Crippen LogP contribution in [0, 0.1) is 0 Å². The predicted octanol–water partition coefficient (Wildman–Crippen LogP) is 4.51. The molecule has 34 heavy (non-hydrogen) atoms. The van der Waals surface area contributed by atoms with Gasteiger partial charge in [0.05, 0.1) is 17.6 Å². The number of methoxy groups -OCH3 is 1. The fourth-order valence-corrected chi connectivity index (χ4v) is 4.49. The van der Waals surface area contributed by atoms with Crippen molar-refractivity contribution in [3.63, 3.8) is 0 Å². The van der Waals surface area contributed by atoms with Gasteiger partial charge in [-0.3, -0.25) is 4.79 Å². The molecular weight excluding hydrogens is 467 g/mol. The number of hydrogen-bond acceptors (Lipinski definition) is 6. The smallest absolute Gasteiger partial charge is 0.416 e. The summed E-state index contributed by atoms with van der Waals surface area (Å²) in [7, 11) is 3.57. The molecule has 2 aliphatic heterocycles. The standard InChI is InChI=1S/C24H24F3N3O3S/c1-29-9-11-30(12-10-29)23-28-22(31)21(34-23)14-17-5-8-19(20(13-17)32-2)33-15-16-3-6-18(7-4-16)24(25,26)27/h3-8,13-14H,9-12,15H2,1-2H3. The van der Waals surface area contributed by atoms with E-state index in [-0.39, 0.29) is 12.5 Å². The molecule has 0 aliphatic carbocycles. The molecule has 0 bridgehead atoms. The Hall–Kier alpha value is -2.98. The van der Waals surface area contributed by atoms with Gasteiger partial charge in [0.15, 0.2) is 16.7 Å². The number of rotatable bonds is 5. The average Bonchev–Trinajstić information content (AvgIpc) is 3.18. The number of carbonyl (C=O) groups is 1. The van der Waals surface area contributed by atoms with Gasteiger partial charge in [-0.15, -0.1) is 0 Å². The maximum atomic E-state index is 12.7. The number of amidine groups is 1. The molecule has 6 nitrogen and oxygen atoms in total. The Balaban J connectivity index is 1.41. The molecular formula is C24H24F3N3O3S. The van der Waals surface area contributed by atoms with E-state index in [1.54, 1.807) is 24.3 Å². The third kappa shape index (κ3) is 5.74. The number of benzene rings is 2. The number of hydrogen-bond donors (Lipinski definition) is 0. The third-order valence-corrected chi connectivity index (χ3v) is 6.59. The lowest BCUT2D eigenvalue weighted by Crippen LogP contribution is -2.46. The summed E-state index contributed by atoms with van der Waals surface area (Å²) in [4.78, 5) is 21.5. The van der Waals surface area contributed by atoms with Crippen molar-refractivity contribution in [1.82, 2.24) is 9.80 Å². The van der Waals surface area contributed by atoms with Crippen LogP contribution < -0.4 is 9.47 Å². The molecule has 2 aromatic rings. The van der Waals surface area contributed by atoms with Crippen LogP contribution in [0.15, 0.2) is 52.4 Å². The van der Waals surface area contributed by atoms with Crippen LogP contribution in [0.4, 0.5) is 13.2 Å². The molecule has 1 fully saturated rings. The largest absolute Gasteiger partial charge is 0.493 e. The molecule has 0 atom stereocenters. The van der Waals surface area contributed by atoms with Crippen molar-refractivity contribution in [2.45, 2.75) is 12.8 Å². The van der Waals surface area contributed by atoms with Crippen molar-refractivity contribution in [2.75, 3.05) is 40.3 Å². The van der Waals surface area contributed by atoms with Crippen molar-refractivity contribution in [2.24, 2.45) is 4.99 Å². The molecule has 2 heterocycles. The summed E-state index contributed by atoms with van der Waals surface area (Å²) in [6, 6.07) is 10.1. The Bertz CT molecular complexity index is 1110. The van der Waals surface area contributed by atoms with Crippen LogP contribution in [-0.4, -0.2) is 61.2 Å². The molecule has 0 N–H and O–H groups in total. The molecule has 2 aromatic carbocycles. The number of amides is 1. The van der Waals surface area contributed by atoms with Crippen LogP contribution in [-0.2, 0) is 17.6 Å². The van der Waals surface area contributed by atoms with E-state index in [0.29, 0.717) is 22.0 Å². The van der Waals surface area contributed by atoms with Crippen molar-refractivity contribution in [3.05, 3.63) is 64.1 Å². The highest BCUT2D eigenvalue weighted by Crippen LogP contribution is 2.34. The molecule has 1 amide bonds. The first-order valence-corrected chi connectivity index (χ1v) is 11.5. The van der Waals surface area contributed by atoms with Crippen LogP contribution in [0.3, 0.4) is 0 Å². The van der Waals surface area contributed by atoms with Crippen LogP contribution in [0.2, 0.25) is 0 Å². The van der Waals surface area contributed by atoms with E-state index in [9.17, 15) is 18.0 Å². The lowest BCUT2D eigenvalue weighted by molar-refractivity contribution is -0.137. The molecule has 0 unspecified atom stereocenters. The van der Waals surface area contributed by atoms with Crippen LogP contribution in [0.1, 0.15) is 16.7 Å². The highest BCUT2D eigenvalue weighted by Gasteiger charge is 2.30. The van der Waals surface area contributed by atoms with Gasteiger partial charge < -0.3 is 19.3 Å². The number of alkyl halides is 3. The van der Waals surface area contributed by atoms with E-state index >= 15 is 0 Å². The lowest BCUT2D eigenvalue weighted by Gasteiger charge is -2.32. The van der Waals surface area contributed by atoms with Crippen LogP contribution in [0.5, 0.6) is 11.5 Å². The number of carbonyl (C=O) groups excluding carboxylic acids is 1. The summed E-state index contributed by atoms with van der Waals surface area (Å²) in [5.74, 6) is 0.641. The molecule has 1 saturated heterocycles. The molecule has 0 saturated carbocycles. The third-order valence-electron chi connectivity index (χ3n) is 5.54. The molecule has 10 heteroatoms. The number of piperazine rings is 1. The second-order valence-electron chi connectivity index (χ2n) is 7.99. The summed E-state index contributed by atoms with van der Waals surface area (Å²) in [6.45, 7) is 3.62. The Kier molecular flexibility index (Phi) is 7.18. The van der Waals surface area contributed by atoms with Gasteiger partial charge in [-0.25, -0.2) is 0 Å². The van der Waals surface area contributed by atoms with Crippen LogP contribution in [0.25, 0.3) is 6.08 Å². The summed E-state index contributed by atoms with van der Waals surface area (Å²) < 4.78 is 49.3. The summed E-state index contributed by atoms with van der Waals surface area (Å²) in [5, 5.41) is 0.729. The SMILES string of the molecule is COc1cc(C=C2SC(N3CCN(C)CC3)=NC2=O)ccc1OCc1ccc(C(F)(F)F)cc1. The first-order valence-electron chi connectivity index (χ1n) is 10.7. The van der Waals surface area contributed by atoms with Gasteiger partial charge in [0.1, 0.15) is 6.61 Å². The Morgan fingerprint density at radius 1 is 1.06 bits per heavy atom. The minimum Gasteiger partial charge on any atom is -0.493 e. The minimum absolute atomic E-state index is 0.0888. The molecule has 0 radical (unpaired) electrons. The minimum atomic E-state index is -4.37. The molecule has 0 aromatic heterocycles. The number of thioether (sulfide) groups is 1. The maximum absolute atomic E-state index is 12.7. The first-order chi connectivity index (χ1) is 16.2. The zero-order valence-corrected chi connectivity index (χ0v) is 19.6. The average molecular weight is 492 g/mol. The number of ether oxygens (including phenoxy) is 2. The zero-order chi connectivity index (χ0) is 24.3. The van der Waals surface area contributed by atoms with Gasteiger partial charge in [-0.1, -0.05) is 18.2 Å². The monoisotopic (exact) mass is 491 g/mol. The van der Waals surface area contributed by atoms with Gasteiger partial charge >= 0.3 is 6.18 Å². The van der Waals surface area contributed by atoms with Crippen LogP contribution >= 0.6 is 11.8 Å². The highest BCUT2D eigenvalue weighted by molar-refractivity contribution is 8.18. The van der Waals surface area contributed by atoms with Gasteiger partial charge in [0.2, 0.25) is 0 Å². The van der Waals surface area contributed by atoms with Gasteiger partial charge in [0, 0.05) is 26.2 Å². The zero-order valence-electron chi connectivity index (χ0n) is 18.8. The van der Waals surface area contributed by atoms with E-state index in [1.165, 1.54) is 31.0 Å². The second-order valence-corrected chi connectivity index (χ2v) is 9.00. The van der Waals surface area contributed by atoms with Gasteiger partial charge in [0.25, 0.3) is 5.91 Å². The summed E-state index contributed by atoms with van der Waals surface area (Å²) in [5.41, 5.74) is 0.650. The second kappa shape index (κ2) is 10.1. The number of nitrogens with zero attached hydrogens (tertiary/aromatic N) is 3. The van der Waals surface area contributed by atoms with Crippen molar-refractivity contribution in [1.29, 1.82) is 0 Å². The summed E-state index contributed by atoms with van der Waals surface area (Å²) >= 11 is 1.37. The van der Waals surface area contributed by atoms with Gasteiger partial charge in [-0.05, 0) is 60.3 Å². The van der Waals surface area contributed by atoms with E-state index in [2.05, 4.69) is 21.8 Å².